The Hall–Kier alpha value is -0.440. The van der Waals surface area contributed by atoms with Crippen LogP contribution in [0, 0.1) is 18.3 Å². The van der Waals surface area contributed by atoms with Gasteiger partial charge in [0.25, 0.3) is 0 Å². The standard InChI is InChI=1S/C14H26/c1-4-7-8-9-10-11-12-13-14(5-2)6-3/h2,14H,4,6-13H2,1,3H3. The smallest absolute Gasteiger partial charge is 0.0197 e. The van der Waals surface area contributed by atoms with Crippen molar-refractivity contribution in [2.45, 2.75) is 71.6 Å². The molecule has 0 nitrogen and oxygen atoms in total. The van der Waals surface area contributed by atoms with E-state index in [1.165, 1.54) is 51.4 Å². The lowest BCUT2D eigenvalue weighted by Crippen LogP contribution is -1.94. The highest BCUT2D eigenvalue weighted by Crippen LogP contribution is 2.14. The molecular weight excluding hydrogens is 168 g/mol. The molecule has 0 spiro atoms. The lowest BCUT2D eigenvalue weighted by atomic mass is 9.99. The molecule has 0 saturated carbocycles. The van der Waals surface area contributed by atoms with Gasteiger partial charge in [-0.15, -0.1) is 12.3 Å². The average Bonchev–Trinajstić information content (AvgIpc) is 2.22. The molecule has 0 saturated heterocycles. The zero-order chi connectivity index (χ0) is 10.6. The summed E-state index contributed by atoms with van der Waals surface area (Å²) in [5, 5.41) is 0. The Kier molecular flexibility index (Phi) is 10.3. The molecule has 0 aliphatic carbocycles. The lowest BCUT2D eigenvalue weighted by molar-refractivity contribution is 0.516. The van der Waals surface area contributed by atoms with Crippen LogP contribution >= 0.6 is 0 Å². The zero-order valence-corrected chi connectivity index (χ0v) is 10.0. The maximum Gasteiger partial charge on any atom is 0.0197 e. The second-order valence-corrected chi connectivity index (χ2v) is 4.18. The third-order valence-corrected chi connectivity index (χ3v) is 2.88. The van der Waals surface area contributed by atoms with E-state index in [1.807, 2.05) is 0 Å². The van der Waals surface area contributed by atoms with Crippen LogP contribution in [0.3, 0.4) is 0 Å². The molecule has 0 aliphatic rings. The average molecular weight is 194 g/mol. The van der Waals surface area contributed by atoms with Crippen molar-refractivity contribution < 1.29 is 0 Å². The van der Waals surface area contributed by atoms with Gasteiger partial charge >= 0.3 is 0 Å². The first-order valence-corrected chi connectivity index (χ1v) is 6.31. The summed E-state index contributed by atoms with van der Waals surface area (Å²) in [6, 6.07) is 0. The van der Waals surface area contributed by atoms with Crippen LogP contribution < -0.4 is 0 Å². The highest BCUT2D eigenvalue weighted by Gasteiger charge is 2.00. The van der Waals surface area contributed by atoms with Crippen molar-refractivity contribution in [2.75, 3.05) is 0 Å². The molecule has 0 bridgehead atoms. The lowest BCUT2D eigenvalue weighted by Gasteiger charge is -2.06. The summed E-state index contributed by atoms with van der Waals surface area (Å²) in [6.07, 6.45) is 17.5. The normalized spacial score (nSPS) is 12.4. The molecule has 1 atom stereocenters. The van der Waals surface area contributed by atoms with Gasteiger partial charge in [0.05, 0.1) is 0 Å². The quantitative estimate of drug-likeness (QED) is 0.366. The fourth-order valence-corrected chi connectivity index (χ4v) is 1.75. The minimum Gasteiger partial charge on any atom is -0.120 e. The van der Waals surface area contributed by atoms with Crippen LogP contribution in [-0.4, -0.2) is 0 Å². The van der Waals surface area contributed by atoms with Gasteiger partial charge in [0.2, 0.25) is 0 Å². The van der Waals surface area contributed by atoms with Crippen LogP contribution in [0.2, 0.25) is 0 Å². The molecule has 0 amide bonds. The second kappa shape index (κ2) is 10.6. The highest BCUT2D eigenvalue weighted by atomic mass is 14.0. The third kappa shape index (κ3) is 8.17. The van der Waals surface area contributed by atoms with Gasteiger partial charge < -0.3 is 0 Å². The third-order valence-electron chi connectivity index (χ3n) is 2.88. The van der Waals surface area contributed by atoms with Gasteiger partial charge in [0.15, 0.2) is 0 Å². The fourth-order valence-electron chi connectivity index (χ4n) is 1.75. The number of unbranched alkanes of at least 4 members (excludes halogenated alkanes) is 6. The second-order valence-electron chi connectivity index (χ2n) is 4.18. The Morgan fingerprint density at radius 3 is 2.00 bits per heavy atom. The molecule has 0 aromatic rings. The molecule has 14 heavy (non-hydrogen) atoms. The van der Waals surface area contributed by atoms with E-state index < -0.39 is 0 Å². The number of hydrogen-bond acceptors (Lipinski definition) is 0. The Morgan fingerprint density at radius 1 is 0.929 bits per heavy atom. The SMILES string of the molecule is C#CC(CC)CCCCCCCCC. The molecule has 0 N–H and O–H groups in total. The fraction of sp³-hybridized carbons (Fsp3) is 0.857. The topological polar surface area (TPSA) is 0 Å². The first-order valence-electron chi connectivity index (χ1n) is 6.31. The van der Waals surface area contributed by atoms with E-state index in [1.54, 1.807) is 0 Å². The van der Waals surface area contributed by atoms with Gasteiger partial charge in [-0.2, -0.15) is 0 Å². The van der Waals surface area contributed by atoms with Crippen LogP contribution in [0.15, 0.2) is 0 Å². The summed E-state index contributed by atoms with van der Waals surface area (Å²) in [7, 11) is 0. The number of rotatable bonds is 9. The maximum atomic E-state index is 5.41. The van der Waals surface area contributed by atoms with Crippen molar-refractivity contribution in [1.82, 2.24) is 0 Å². The Morgan fingerprint density at radius 2 is 1.50 bits per heavy atom. The summed E-state index contributed by atoms with van der Waals surface area (Å²) in [6.45, 7) is 4.45. The van der Waals surface area contributed by atoms with E-state index in [0.29, 0.717) is 5.92 Å². The Balaban J connectivity index is 3.09. The van der Waals surface area contributed by atoms with E-state index in [2.05, 4.69) is 19.8 Å². The van der Waals surface area contributed by atoms with Gasteiger partial charge in [-0.1, -0.05) is 58.8 Å². The van der Waals surface area contributed by atoms with Crippen molar-refractivity contribution >= 4 is 0 Å². The molecule has 0 heterocycles. The minimum absolute atomic E-state index is 0.533. The van der Waals surface area contributed by atoms with Crippen LogP contribution in [0.1, 0.15) is 71.6 Å². The van der Waals surface area contributed by atoms with E-state index >= 15 is 0 Å². The number of hydrogen-bond donors (Lipinski definition) is 0. The van der Waals surface area contributed by atoms with Crippen molar-refractivity contribution in [1.29, 1.82) is 0 Å². The molecule has 0 heteroatoms. The van der Waals surface area contributed by atoms with E-state index in [-0.39, 0.29) is 0 Å². The van der Waals surface area contributed by atoms with E-state index in [9.17, 15) is 0 Å². The molecule has 1 unspecified atom stereocenters. The summed E-state index contributed by atoms with van der Waals surface area (Å²) in [5.74, 6) is 3.40. The summed E-state index contributed by atoms with van der Waals surface area (Å²) < 4.78 is 0. The molecule has 0 radical (unpaired) electrons. The predicted octanol–water partition coefficient (Wildman–Crippen LogP) is 4.79. The maximum absolute atomic E-state index is 5.41. The zero-order valence-electron chi connectivity index (χ0n) is 10.0. The number of terminal acetylenes is 1. The molecule has 0 aromatic heterocycles. The molecule has 0 rings (SSSR count). The van der Waals surface area contributed by atoms with Gasteiger partial charge in [-0.05, 0) is 12.8 Å². The molecule has 82 valence electrons. The van der Waals surface area contributed by atoms with E-state index in [0.717, 1.165) is 6.42 Å². The first-order chi connectivity index (χ1) is 6.85. The van der Waals surface area contributed by atoms with Crippen molar-refractivity contribution in [3.05, 3.63) is 0 Å². The summed E-state index contributed by atoms with van der Waals surface area (Å²) >= 11 is 0. The van der Waals surface area contributed by atoms with Crippen molar-refractivity contribution in [3.63, 3.8) is 0 Å². The van der Waals surface area contributed by atoms with Gasteiger partial charge in [-0.3, -0.25) is 0 Å². The largest absolute Gasteiger partial charge is 0.120 e. The van der Waals surface area contributed by atoms with E-state index in [4.69, 9.17) is 6.42 Å². The molecule has 0 fully saturated rings. The van der Waals surface area contributed by atoms with Crippen LogP contribution in [0.25, 0.3) is 0 Å². The first kappa shape index (κ1) is 13.6. The summed E-state index contributed by atoms with van der Waals surface area (Å²) in [4.78, 5) is 0. The molecular formula is C14H26. The minimum atomic E-state index is 0.533. The van der Waals surface area contributed by atoms with Gasteiger partial charge in [0, 0.05) is 5.92 Å². The Bertz CT molecular complexity index is 141. The molecule has 0 aliphatic heterocycles. The van der Waals surface area contributed by atoms with Gasteiger partial charge in [-0.25, -0.2) is 0 Å². The van der Waals surface area contributed by atoms with Crippen molar-refractivity contribution in [3.8, 4) is 12.3 Å². The molecule has 0 aromatic carbocycles. The predicted molar refractivity (Wildman–Crippen MR) is 65.2 cm³/mol. The highest BCUT2D eigenvalue weighted by molar-refractivity contribution is 4.91. The van der Waals surface area contributed by atoms with Crippen molar-refractivity contribution in [2.24, 2.45) is 5.92 Å². The van der Waals surface area contributed by atoms with Crippen LogP contribution in [-0.2, 0) is 0 Å². The Labute approximate surface area is 90.5 Å². The summed E-state index contributed by atoms with van der Waals surface area (Å²) in [5.41, 5.74) is 0. The van der Waals surface area contributed by atoms with Crippen LogP contribution in [0.4, 0.5) is 0 Å². The monoisotopic (exact) mass is 194 g/mol. The van der Waals surface area contributed by atoms with Gasteiger partial charge in [0.1, 0.15) is 0 Å². The van der Waals surface area contributed by atoms with Crippen LogP contribution in [0.5, 0.6) is 0 Å².